The molecule has 0 bridgehead atoms. The Hall–Kier alpha value is -1.95. The van der Waals surface area contributed by atoms with Crippen molar-refractivity contribution in [1.29, 1.82) is 0 Å². The van der Waals surface area contributed by atoms with E-state index in [2.05, 4.69) is 12.2 Å². The summed E-state index contributed by atoms with van der Waals surface area (Å²) in [4.78, 5) is 13.7. The Labute approximate surface area is 137 Å². The van der Waals surface area contributed by atoms with Crippen LogP contribution in [0, 0.1) is 0 Å². The highest BCUT2D eigenvalue weighted by Crippen LogP contribution is 2.38. The molecule has 0 aliphatic carbocycles. The molecular formula is C17H26N2O4. The topological polar surface area (TPSA) is 60.0 Å². The summed E-state index contributed by atoms with van der Waals surface area (Å²) in [6.07, 6.45) is 0.448. The van der Waals surface area contributed by atoms with Crippen LogP contribution in [0.4, 0.5) is 4.79 Å². The van der Waals surface area contributed by atoms with Gasteiger partial charge in [-0.3, -0.25) is 0 Å². The summed E-state index contributed by atoms with van der Waals surface area (Å²) >= 11 is 0. The predicted molar refractivity (Wildman–Crippen MR) is 88.1 cm³/mol. The van der Waals surface area contributed by atoms with Gasteiger partial charge in [0.05, 0.1) is 27.4 Å². The molecule has 0 atom stereocenters. The Balaban J connectivity index is 2.37. The predicted octanol–water partition coefficient (Wildman–Crippen LogP) is 2.33. The first-order chi connectivity index (χ1) is 11.2. The summed E-state index contributed by atoms with van der Waals surface area (Å²) in [6, 6.07) is 2.00. The fourth-order valence-electron chi connectivity index (χ4n) is 2.94. The van der Waals surface area contributed by atoms with Crippen molar-refractivity contribution >= 4 is 6.09 Å². The lowest BCUT2D eigenvalue weighted by Gasteiger charge is -2.31. The van der Waals surface area contributed by atoms with Gasteiger partial charge in [0, 0.05) is 29.8 Å². The summed E-state index contributed by atoms with van der Waals surface area (Å²) in [7, 11) is 3.34. The fraction of sp³-hybridized carbons (Fsp3) is 0.588. The molecule has 0 fully saturated rings. The molecule has 23 heavy (non-hydrogen) atoms. The number of ether oxygens (including phenoxy) is 3. The highest BCUT2D eigenvalue weighted by Gasteiger charge is 2.28. The Kier molecular flexibility index (Phi) is 6.10. The molecule has 1 aromatic rings. The third kappa shape index (κ3) is 3.69. The highest BCUT2D eigenvalue weighted by atomic mass is 16.6. The molecule has 0 unspecified atom stereocenters. The minimum absolute atomic E-state index is 0.282. The van der Waals surface area contributed by atoms with Gasteiger partial charge in [0.25, 0.3) is 0 Å². The number of nitrogens with zero attached hydrogens (tertiary/aromatic N) is 1. The van der Waals surface area contributed by atoms with Crippen molar-refractivity contribution in [2.75, 3.05) is 33.9 Å². The molecule has 1 N–H and O–H groups in total. The Morgan fingerprint density at radius 1 is 1.26 bits per heavy atom. The first-order valence-electron chi connectivity index (χ1n) is 8.04. The SMILES string of the molecule is CCNCc1cc(OC)c2c(c1OC)CCN(C(=O)OCC)C2. The highest BCUT2D eigenvalue weighted by molar-refractivity contribution is 5.69. The van der Waals surface area contributed by atoms with Crippen LogP contribution in [-0.2, 0) is 24.2 Å². The maximum absolute atomic E-state index is 12.0. The first-order valence-corrected chi connectivity index (χ1v) is 8.04. The van der Waals surface area contributed by atoms with Gasteiger partial charge in [-0.05, 0) is 26.0 Å². The van der Waals surface area contributed by atoms with Crippen molar-refractivity contribution in [3.05, 3.63) is 22.8 Å². The lowest BCUT2D eigenvalue weighted by molar-refractivity contribution is 0.102. The van der Waals surface area contributed by atoms with Crippen molar-refractivity contribution in [3.63, 3.8) is 0 Å². The van der Waals surface area contributed by atoms with Gasteiger partial charge in [-0.25, -0.2) is 4.79 Å². The van der Waals surface area contributed by atoms with Gasteiger partial charge in [-0.2, -0.15) is 0 Å². The zero-order chi connectivity index (χ0) is 16.8. The minimum Gasteiger partial charge on any atom is -0.496 e. The van der Waals surface area contributed by atoms with E-state index in [0.29, 0.717) is 19.7 Å². The lowest BCUT2D eigenvalue weighted by Crippen LogP contribution is -2.37. The van der Waals surface area contributed by atoms with Crippen LogP contribution in [0.15, 0.2) is 6.07 Å². The standard InChI is InChI=1S/C17H26N2O4/c1-5-18-10-12-9-15(21-3)14-11-19(17(20)23-6-2)8-7-13(14)16(12)22-4/h9,18H,5-8,10-11H2,1-4H3. The molecule has 0 saturated heterocycles. The third-order valence-corrected chi connectivity index (χ3v) is 4.03. The second kappa shape index (κ2) is 8.06. The van der Waals surface area contributed by atoms with E-state index in [-0.39, 0.29) is 6.09 Å². The zero-order valence-electron chi connectivity index (χ0n) is 14.4. The summed E-state index contributed by atoms with van der Waals surface area (Å²) in [5, 5.41) is 3.32. The smallest absolute Gasteiger partial charge is 0.410 e. The molecule has 1 aromatic carbocycles. The maximum atomic E-state index is 12.0. The molecular weight excluding hydrogens is 296 g/mol. The second-order valence-corrected chi connectivity index (χ2v) is 5.38. The van der Waals surface area contributed by atoms with Crippen LogP contribution in [0.25, 0.3) is 0 Å². The lowest BCUT2D eigenvalue weighted by atomic mass is 9.94. The number of fused-ring (bicyclic) bond motifs is 1. The molecule has 2 rings (SSSR count). The van der Waals surface area contributed by atoms with E-state index in [4.69, 9.17) is 14.2 Å². The summed E-state index contributed by atoms with van der Waals surface area (Å²) in [5.41, 5.74) is 3.21. The van der Waals surface area contributed by atoms with E-state index < -0.39 is 0 Å². The van der Waals surface area contributed by atoms with Gasteiger partial charge in [0.1, 0.15) is 11.5 Å². The number of hydrogen-bond donors (Lipinski definition) is 1. The number of benzene rings is 1. The van der Waals surface area contributed by atoms with Gasteiger partial charge in [-0.1, -0.05) is 6.92 Å². The molecule has 0 saturated carbocycles. The number of carbonyl (C=O) groups is 1. The molecule has 0 aromatic heterocycles. The fourth-order valence-corrected chi connectivity index (χ4v) is 2.94. The van der Waals surface area contributed by atoms with E-state index in [1.165, 1.54) is 0 Å². The average Bonchev–Trinajstić information content (AvgIpc) is 2.58. The number of methoxy groups -OCH3 is 2. The molecule has 6 nitrogen and oxygen atoms in total. The summed E-state index contributed by atoms with van der Waals surface area (Å²) in [6.45, 7) is 6.98. The van der Waals surface area contributed by atoms with Crippen molar-refractivity contribution in [2.24, 2.45) is 0 Å². The molecule has 128 valence electrons. The van der Waals surface area contributed by atoms with Crippen LogP contribution >= 0.6 is 0 Å². The van der Waals surface area contributed by atoms with Crippen LogP contribution < -0.4 is 14.8 Å². The molecule has 1 aliphatic heterocycles. The Bertz CT molecular complexity index is 560. The van der Waals surface area contributed by atoms with Crippen LogP contribution in [0.3, 0.4) is 0 Å². The summed E-state index contributed by atoms with van der Waals surface area (Å²) in [5.74, 6) is 1.69. The molecule has 0 spiro atoms. The largest absolute Gasteiger partial charge is 0.496 e. The van der Waals surface area contributed by atoms with Crippen molar-refractivity contribution in [1.82, 2.24) is 10.2 Å². The van der Waals surface area contributed by atoms with E-state index in [1.54, 1.807) is 19.1 Å². The number of nitrogens with one attached hydrogen (secondary N) is 1. The van der Waals surface area contributed by atoms with Crippen molar-refractivity contribution < 1.29 is 19.0 Å². The molecule has 1 aliphatic rings. The van der Waals surface area contributed by atoms with Gasteiger partial charge in [-0.15, -0.1) is 0 Å². The van der Waals surface area contributed by atoms with Gasteiger partial charge in [0.2, 0.25) is 0 Å². The second-order valence-electron chi connectivity index (χ2n) is 5.38. The van der Waals surface area contributed by atoms with E-state index in [0.717, 1.165) is 47.7 Å². The number of hydrogen-bond acceptors (Lipinski definition) is 5. The van der Waals surface area contributed by atoms with Crippen LogP contribution in [0.2, 0.25) is 0 Å². The van der Waals surface area contributed by atoms with E-state index in [1.807, 2.05) is 13.0 Å². The third-order valence-electron chi connectivity index (χ3n) is 4.03. The Morgan fingerprint density at radius 3 is 2.65 bits per heavy atom. The average molecular weight is 322 g/mol. The number of rotatable bonds is 6. The maximum Gasteiger partial charge on any atom is 0.410 e. The zero-order valence-corrected chi connectivity index (χ0v) is 14.4. The minimum atomic E-state index is -0.282. The number of carbonyl (C=O) groups excluding carboxylic acids is 1. The number of amides is 1. The van der Waals surface area contributed by atoms with E-state index in [9.17, 15) is 4.79 Å². The first kappa shape index (κ1) is 17.4. The van der Waals surface area contributed by atoms with Gasteiger partial charge < -0.3 is 24.4 Å². The van der Waals surface area contributed by atoms with Crippen molar-refractivity contribution in [2.45, 2.75) is 33.4 Å². The monoisotopic (exact) mass is 322 g/mol. The molecule has 6 heteroatoms. The van der Waals surface area contributed by atoms with Crippen LogP contribution in [0.1, 0.15) is 30.5 Å². The summed E-state index contributed by atoms with van der Waals surface area (Å²) < 4.78 is 16.3. The van der Waals surface area contributed by atoms with Gasteiger partial charge >= 0.3 is 6.09 Å². The van der Waals surface area contributed by atoms with Crippen LogP contribution in [0.5, 0.6) is 11.5 Å². The van der Waals surface area contributed by atoms with E-state index >= 15 is 0 Å². The van der Waals surface area contributed by atoms with Crippen molar-refractivity contribution in [3.8, 4) is 11.5 Å². The quantitative estimate of drug-likeness (QED) is 0.871. The van der Waals surface area contributed by atoms with Crippen LogP contribution in [-0.4, -0.2) is 44.9 Å². The molecule has 1 heterocycles. The molecule has 0 radical (unpaired) electrons. The molecule has 1 amide bonds. The normalized spacial score (nSPS) is 13.5. The Morgan fingerprint density at radius 2 is 2.04 bits per heavy atom. The van der Waals surface area contributed by atoms with Gasteiger partial charge in [0.15, 0.2) is 0 Å².